The molecule has 9 heteroatoms. The monoisotopic (exact) mass is 383 g/mol. The molecule has 9 nitrogen and oxygen atoms in total. The number of aromatic nitrogens is 5. The Balaban J connectivity index is 1.93. The number of carbonyl (C=O) groups excluding carboxylic acids is 1. The number of carbonyl (C=O) groups is 1. The van der Waals surface area contributed by atoms with Crippen molar-refractivity contribution >= 4 is 28.4 Å². The first-order valence-electron chi connectivity index (χ1n) is 9.53. The van der Waals surface area contributed by atoms with Gasteiger partial charge in [-0.2, -0.15) is 10.2 Å². The van der Waals surface area contributed by atoms with Crippen LogP contribution in [-0.2, 0) is 11.8 Å². The molecule has 1 amide bonds. The number of H-pyrrole nitrogens is 1. The fraction of sp³-hybridized carbons (Fsp3) is 0.474. The summed E-state index contributed by atoms with van der Waals surface area (Å²) in [6.45, 7) is 6.83. The summed E-state index contributed by atoms with van der Waals surface area (Å²) < 4.78 is 3.40. The number of nitrogens with zero attached hydrogens (tertiary/aromatic N) is 5. The first kappa shape index (κ1) is 18.3. The first-order chi connectivity index (χ1) is 13.3. The van der Waals surface area contributed by atoms with E-state index in [1.54, 1.807) is 14.1 Å². The van der Waals surface area contributed by atoms with Crippen molar-refractivity contribution in [1.82, 2.24) is 24.5 Å². The van der Waals surface area contributed by atoms with E-state index in [1.807, 2.05) is 26.2 Å². The van der Waals surface area contributed by atoms with E-state index in [4.69, 9.17) is 5.73 Å². The molecule has 0 aromatic carbocycles. The molecule has 0 bridgehead atoms. The summed E-state index contributed by atoms with van der Waals surface area (Å²) in [6, 6.07) is 1.86. The van der Waals surface area contributed by atoms with E-state index in [1.165, 1.54) is 0 Å². The third kappa shape index (κ3) is 2.69. The molecule has 3 aromatic heterocycles. The number of rotatable bonds is 4. The number of pyridine rings is 1. The molecule has 1 fully saturated rings. The molecule has 0 aliphatic carbocycles. The van der Waals surface area contributed by atoms with Crippen LogP contribution in [0.4, 0.5) is 11.6 Å². The van der Waals surface area contributed by atoms with Crippen molar-refractivity contribution in [2.24, 2.45) is 13.0 Å². The lowest BCUT2D eigenvalue weighted by molar-refractivity contribution is -0.117. The van der Waals surface area contributed by atoms with Crippen LogP contribution in [0.1, 0.15) is 39.7 Å². The number of hydrogen-bond acceptors (Lipinski definition) is 5. The number of aryl methyl sites for hydroxylation is 1. The van der Waals surface area contributed by atoms with Gasteiger partial charge in [-0.1, -0.05) is 13.8 Å². The van der Waals surface area contributed by atoms with Gasteiger partial charge < -0.3 is 10.3 Å². The Morgan fingerprint density at radius 1 is 1.25 bits per heavy atom. The lowest BCUT2D eigenvalue weighted by atomic mass is 10.0. The van der Waals surface area contributed by atoms with Crippen molar-refractivity contribution < 1.29 is 4.79 Å². The highest BCUT2D eigenvalue weighted by Crippen LogP contribution is 2.32. The van der Waals surface area contributed by atoms with Crippen LogP contribution in [-0.4, -0.2) is 37.0 Å². The van der Waals surface area contributed by atoms with Crippen LogP contribution in [0.2, 0.25) is 0 Å². The van der Waals surface area contributed by atoms with Gasteiger partial charge in [-0.25, -0.2) is 0 Å². The van der Waals surface area contributed by atoms with E-state index in [-0.39, 0.29) is 29.2 Å². The number of nitrogens with two attached hydrogens (primary N) is 1. The topological polar surface area (TPSA) is 115 Å². The van der Waals surface area contributed by atoms with Crippen molar-refractivity contribution in [2.45, 2.75) is 39.7 Å². The molecule has 1 aliphatic heterocycles. The van der Waals surface area contributed by atoms with Crippen LogP contribution < -0.4 is 16.2 Å². The molecule has 0 spiro atoms. The average Bonchev–Trinajstić information content (AvgIpc) is 3.34. The second-order valence-electron chi connectivity index (χ2n) is 7.76. The molecule has 1 saturated heterocycles. The summed E-state index contributed by atoms with van der Waals surface area (Å²) in [6.07, 6.45) is 3.21. The molecule has 3 N–H and O–H groups in total. The normalized spacial score (nSPS) is 15.9. The van der Waals surface area contributed by atoms with Crippen LogP contribution in [0, 0.1) is 5.92 Å². The lowest BCUT2D eigenvalue weighted by Gasteiger charge is -2.20. The number of fused-ring (bicyclic) bond motifs is 1. The highest BCUT2D eigenvalue weighted by atomic mass is 16.2. The zero-order valence-electron chi connectivity index (χ0n) is 16.6. The largest absolute Gasteiger partial charge is 0.382 e. The highest BCUT2D eigenvalue weighted by Gasteiger charge is 2.26. The zero-order valence-corrected chi connectivity index (χ0v) is 16.6. The summed E-state index contributed by atoms with van der Waals surface area (Å²) in [5, 5.41) is 11.9. The predicted molar refractivity (Wildman–Crippen MR) is 108 cm³/mol. The Hall–Kier alpha value is -3.10. The maximum atomic E-state index is 13.0. The Kier molecular flexibility index (Phi) is 4.24. The van der Waals surface area contributed by atoms with Gasteiger partial charge in [-0.15, -0.1) is 0 Å². The van der Waals surface area contributed by atoms with E-state index in [0.29, 0.717) is 29.6 Å². The van der Waals surface area contributed by atoms with Crippen LogP contribution in [0.5, 0.6) is 0 Å². The molecule has 1 aliphatic rings. The molecule has 4 rings (SSSR count). The highest BCUT2D eigenvalue weighted by molar-refractivity contribution is 5.99. The zero-order chi connectivity index (χ0) is 20.2. The van der Waals surface area contributed by atoms with Crippen molar-refractivity contribution in [2.75, 3.05) is 17.2 Å². The molecule has 0 radical (unpaired) electrons. The minimum Gasteiger partial charge on any atom is -0.382 e. The summed E-state index contributed by atoms with van der Waals surface area (Å²) in [5.74, 6) is 1.28. The lowest BCUT2D eigenvalue weighted by Crippen LogP contribution is -2.26. The molecule has 0 saturated carbocycles. The summed E-state index contributed by atoms with van der Waals surface area (Å²) in [7, 11) is 1.82. The Morgan fingerprint density at radius 2 is 2.00 bits per heavy atom. The summed E-state index contributed by atoms with van der Waals surface area (Å²) in [5.41, 5.74) is 7.78. The van der Waals surface area contributed by atoms with Gasteiger partial charge >= 0.3 is 0 Å². The number of anilines is 2. The van der Waals surface area contributed by atoms with Gasteiger partial charge in [0, 0.05) is 43.9 Å². The van der Waals surface area contributed by atoms with Crippen molar-refractivity contribution in [1.29, 1.82) is 0 Å². The molecule has 3 aromatic rings. The molecule has 28 heavy (non-hydrogen) atoms. The van der Waals surface area contributed by atoms with Gasteiger partial charge in [0.25, 0.3) is 5.56 Å². The van der Waals surface area contributed by atoms with Gasteiger partial charge in [0.05, 0.1) is 11.2 Å². The summed E-state index contributed by atoms with van der Waals surface area (Å²) >= 11 is 0. The van der Waals surface area contributed by atoms with Gasteiger partial charge in [0.1, 0.15) is 11.2 Å². The van der Waals surface area contributed by atoms with Gasteiger partial charge in [-0.05, 0) is 19.3 Å². The minimum absolute atomic E-state index is 0.0201. The fourth-order valence-electron chi connectivity index (χ4n) is 3.71. The summed E-state index contributed by atoms with van der Waals surface area (Å²) in [4.78, 5) is 26.9. The molecule has 4 heterocycles. The van der Waals surface area contributed by atoms with Gasteiger partial charge in [0.2, 0.25) is 5.91 Å². The predicted octanol–water partition coefficient (Wildman–Crippen LogP) is 2.05. The standard InChI is InChI=1S/C19H25N7O2/c1-10(2)11(3)26-9-12(17-16(19(26)28)18(20)22-21-17)13-8-14(24(4)23-13)25-7-5-6-15(25)27/h8-11H,5-7H2,1-4H3,(H3,20,21,22)/t11-/m0/s1. The van der Waals surface area contributed by atoms with Crippen molar-refractivity contribution in [3.63, 3.8) is 0 Å². The second-order valence-corrected chi connectivity index (χ2v) is 7.76. The van der Waals surface area contributed by atoms with Crippen LogP contribution in [0.15, 0.2) is 17.1 Å². The van der Waals surface area contributed by atoms with E-state index < -0.39 is 0 Å². The van der Waals surface area contributed by atoms with Gasteiger partial charge in [-0.3, -0.25) is 24.3 Å². The number of nitrogen functional groups attached to an aromatic ring is 1. The van der Waals surface area contributed by atoms with Crippen LogP contribution in [0.3, 0.4) is 0 Å². The minimum atomic E-state index is -0.169. The van der Waals surface area contributed by atoms with E-state index >= 15 is 0 Å². The maximum absolute atomic E-state index is 13.0. The van der Waals surface area contributed by atoms with E-state index in [9.17, 15) is 9.59 Å². The third-order valence-corrected chi connectivity index (χ3v) is 5.66. The average molecular weight is 383 g/mol. The Bertz CT molecular complexity index is 1120. The van der Waals surface area contributed by atoms with E-state index in [0.717, 1.165) is 17.8 Å². The number of hydrogen-bond donors (Lipinski definition) is 2. The fourth-order valence-corrected chi connectivity index (χ4v) is 3.71. The van der Waals surface area contributed by atoms with Gasteiger partial charge in [0.15, 0.2) is 5.82 Å². The molecule has 0 unspecified atom stereocenters. The van der Waals surface area contributed by atoms with E-state index in [2.05, 4.69) is 29.1 Å². The van der Waals surface area contributed by atoms with Crippen molar-refractivity contribution in [3.05, 3.63) is 22.6 Å². The maximum Gasteiger partial charge on any atom is 0.264 e. The smallest absolute Gasteiger partial charge is 0.264 e. The molecule has 1 atom stereocenters. The third-order valence-electron chi connectivity index (χ3n) is 5.66. The number of nitrogens with one attached hydrogen (secondary N) is 1. The van der Waals surface area contributed by atoms with Crippen molar-refractivity contribution in [3.8, 4) is 11.3 Å². The second kappa shape index (κ2) is 6.50. The SMILES string of the molecule is CC(C)[C@H](C)n1cc(-c2cc(N3CCCC3=O)n(C)n2)c2[nH]nc(N)c2c1=O. The Labute approximate surface area is 162 Å². The molecular formula is C19H25N7O2. The quantitative estimate of drug-likeness (QED) is 0.715. The number of aromatic amines is 1. The Morgan fingerprint density at radius 3 is 2.64 bits per heavy atom. The first-order valence-corrected chi connectivity index (χ1v) is 9.53. The molecular weight excluding hydrogens is 358 g/mol. The number of amides is 1. The van der Waals surface area contributed by atoms with Crippen LogP contribution >= 0.6 is 0 Å². The van der Waals surface area contributed by atoms with Crippen LogP contribution in [0.25, 0.3) is 22.2 Å². The molecule has 148 valence electrons.